The maximum absolute atomic E-state index is 13.8. The first-order valence-electron chi connectivity index (χ1n) is 5.04. The summed E-state index contributed by atoms with van der Waals surface area (Å²) in [7, 11) is 0. The highest BCUT2D eigenvalue weighted by Crippen LogP contribution is 2.34. The van der Waals surface area contributed by atoms with Crippen LogP contribution in [0.5, 0.6) is 0 Å². The molecule has 0 aliphatic carbocycles. The van der Waals surface area contributed by atoms with Crippen LogP contribution in [0.2, 0.25) is 0 Å². The van der Waals surface area contributed by atoms with E-state index < -0.39 is 5.85 Å². The van der Waals surface area contributed by atoms with Gasteiger partial charge in [0.1, 0.15) is 0 Å². The molecule has 2 rings (SSSR count). The Morgan fingerprint density at radius 3 is 2.67 bits per heavy atom. The maximum atomic E-state index is 13.8. The third-order valence-electron chi connectivity index (χ3n) is 2.44. The Morgan fingerprint density at radius 2 is 2.07 bits per heavy atom. The largest absolute Gasteiger partial charge is 0.446 e. The van der Waals surface area contributed by atoms with Crippen molar-refractivity contribution < 1.29 is 9.13 Å². The molecule has 0 amide bonds. The Kier molecular flexibility index (Phi) is 2.47. The second kappa shape index (κ2) is 3.65. The van der Waals surface area contributed by atoms with Crippen LogP contribution in [0, 0.1) is 0 Å². The molecule has 1 aromatic carbocycles. The number of hydrogen-bond donors (Lipinski definition) is 0. The van der Waals surface area contributed by atoms with Gasteiger partial charge in [0.05, 0.1) is 6.04 Å². The highest BCUT2D eigenvalue weighted by molar-refractivity contribution is 5.74. The summed E-state index contributed by atoms with van der Waals surface area (Å²) in [5.74, 6) is -1.19. The van der Waals surface area contributed by atoms with Gasteiger partial charge in [-0.05, 0) is 5.56 Å². The molecule has 1 aliphatic rings. The number of benzene rings is 1. The normalized spacial score (nSPS) is 30.6. The topological polar surface area (TPSA) is 21.6 Å². The van der Waals surface area contributed by atoms with Crippen LogP contribution in [0.1, 0.15) is 31.9 Å². The number of ether oxygens (including phenoxy) is 1. The molecule has 2 nitrogen and oxygen atoms in total. The number of hydrogen-bond acceptors (Lipinski definition) is 2. The van der Waals surface area contributed by atoms with E-state index in [9.17, 15) is 4.39 Å². The first kappa shape index (κ1) is 10.1. The van der Waals surface area contributed by atoms with Gasteiger partial charge in [0, 0.05) is 20.3 Å². The van der Waals surface area contributed by atoms with Crippen LogP contribution in [0.3, 0.4) is 0 Å². The number of halogens is 1. The van der Waals surface area contributed by atoms with Crippen molar-refractivity contribution in [3.63, 3.8) is 0 Å². The van der Waals surface area contributed by atoms with Crippen LogP contribution in [0.25, 0.3) is 0 Å². The summed E-state index contributed by atoms with van der Waals surface area (Å²) in [5.41, 5.74) is 1.03. The fourth-order valence-electron chi connectivity index (χ4n) is 1.85. The van der Waals surface area contributed by atoms with Crippen molar-refractivity contribution in [1.82, 2.24) is 0 Å². The maximum Gasteiger partial charge on any atom is 0.249 e. The minimum absolute atomic E-state index is 0.130. The van der Waals surface area contributed by atoms with Gasteiger partial charge in [-0.15, -0.1) is 0 Å². The molecule has 0 fully saturated rings. The minimum Gasteiger partial charge on any atom is -0.446 e. The summed E-state index contributed by atoms with van der Waals surface area (Å²) in [6.07, 6.45) is 0.272. The van der Waals surface area contributed by atoms with E-state index in [1.165, 1.54) is 6.92 Å². The Morgan fingerprint density at radius 1 is 1.40 bits per heavy atom. The Labute approximate surface area is 88.8 Å². The minimum atomic E-state index is -1.60. The van der Waals surface area contributed by atoms with Crippen molar-refractivity contribution >= 4 is 5.90 Å². The van der Waals surface area contributed by atoms with Crippen molar-refractivity contribution in [3.05, 3.63) is 35.9 Å². The van der Waals surface area contributed by atoms with Gasteiger partial charge in [-0.3, -0.25) is 0 Å². The average Bonchev–Trinajstić information content (AvgIpc) is 2.16. The first-order chi connectivity index (χ1) is 7.07. The van der Waals surface area contributed by atoms with E-state index in [2.05, 4.69) is 4.99 Å². The third kappa shape index (κ3) is 2.35. The molecular weight excluding hydrogens is 193 g/mol. The second-order valence-corrected chi connectivity index (χ2v) is 3.98. The van der Waals surface area contributed by atoms with E-state index in [1.807, 2.05) is 30.3 Å². The van der Waals surface area contributed by atoms with E-state index >= 15 is 0 Å². The Hall–Kier alpha value is -1.38. The number of nitrogens with zero attached hydrogens (tertiary/aromatic N) is 1. The van der Waals surface area contributed by atoms with Crippen LogP contribution in [-0.2, 0) is 4.74 Å². The molecule has 1 heterocycles. The van der Waals surface area contributed by atoms with Gasteiger partial charge in [0.25, 0.3) is 0 Å². The number of alkyl halides is 1. The standard InChI is InChI=1S/C12H14FNO/c1-9-14-11(8-12(2,13)15-9)10-6-4-3-5-7-10/h3-7,11H,8H2,1-2H3/t11-,12-/m0/s1. The van der Waals surface area contributed by atoms with Crippen molar-refractivity contribution in [2.45, 2.75) is 32.2 Å². The molecular formula is C12H14FNO. The van der Waals surface area contributed by atoms with E-state index in [4.69, 9.17) is 4.74 Å². The molecule has 1 aliphatic heterocycles. The van der Waals surface area contributed by atoms with Crippen molar-refractivity contribution in [1.29, 1.82) is 0 Å². The third-order valence-corrected chi connectivity index (χ3v) is 2.44. The molecule has 0 spiro atoms. The molecule has 0 saturated heterocycles. The van der Waals surface area contributed by atoms with Crippen LogP contribution >= 0.6 is 0 Å². The van der Waals surface area contributed by atoms with E-state index in [0.29, 0.717) is 5.90 Å². The zero-order chi connectivity index (χ0) is 10.9. The summed E-state index contributed by atoms with van der Waals surface area (Å²) in [6, 6.07) is 9.60. The van der Waals surface area contributed by atoms with Crippen LogP contribution in [-0.4, -0.2) is 11.8 Å². The van der Waals surface area contributed by atoms with Gasteiger partial charge < -0.3 is 4.74 Å². The van der Waals surface area contributed by atoms with E-state index in [-0.39, 0.29) is 12.5 Å². The van der Waals surface area contributed by atoms with Crippen LogP contribution in [0.4, 0.5) is 4.39 Å². The van der Waals surface area contributed by atoms with Gasteiger partial charge in [-0.2, -0.15) is 4.39 Å². The summed E-state index contributed by atoms with van der Waals surface area (Å²) >= 11 is 0. The summed E-state index contributed by atoms with van der Waals surface area (Å²) < 4.78 is 18.8. The predicted molar refractivity (Wildman–Crippen MR) is 57.5 cm³/mol. The molecule has 0 N–H and O–H groups in total. The molecule has 0 bridgehead atoms. The fraction of sp³-hybridized carbons (Fsp3) is 0.417. The van der Waals surface area contributed by atoms with Crippen molar-refractivity contribution in [2.24, 2.45) is 4.99 Å². The fourth-order valence-corrected chi connectivity index (χ4v) is 1.85. The highest BCUT2D eigenvalue weighted by Gasteiger charge is 2.34. The SMILES string of the molecule is CC1=N[C@H](c2ccccc2)C[C@@](C)(F)O1. The zero-order valence-corrected chi connectivity index (χ0v) is 8.90. The molecule has 1 aromatic rings. The zero-order valence-electron chi connectivity index (χ0n) is 8.90. The summed E-state index contributed by atoms with van der Waals surface area (Å²) in [4.78, 5) is 4.30. The molecule has 0 radical (unpaired) electrons. The molecule has 2 atom stereocenters. The summed E-state index contributed by atoms with van der Waals surface area (Å²) in [5, 5.41) is 0. The smallest absolute Gasteiger partial charge is 0.249 e. The van der Waals surface area contributed by atoms with Gasteiger partial charge in [-0.1, -0.05) is 30.3 Å². The second-order valence-electron chi connectivity index (χ2n) is 3.98. The van der Waals surface area contributed by atoms with Gasteiger partial charge in [0.15, 0.2) is 5.90 Å². The molecule has 0 saturated carbocycles. The predicted octanol–water partition coefficient (Wildman–Crippen LogP) is 3.25. The van der Waals surface area contributed by atoms with E-state index in [0.717, 1.165) is 5.56 Å². The highest BCUT2D eigenvalue weighted by atomic mass is 19.2. The van der Waals surface area contributed by atoms with Crippen LogP contribution in [0.15, 0.2) is 35.3 Å². The molecule has 15 heavy (non-hydrogen) atoms. The van der Waals surface area contributed by atoms with Crippen LogP contribution < -0.4 is 0 Å². The Balaban J connectivity index is 2.28. The average molecular weight is 207 g/mol. The quantitative estimate of drug-likeness (QED) is 0.692. The molecule has 3 heteroatoms. The number of rotatable bonds is 1. The van der Waals surface area contributed by atoms with E-state index in [1.54, 1.807) is 6.92 Å². The van der Waals surface area contributed by atoms with Crippen molar-refractivity contribution in [2.75, 3.05) is 0 Å². The van der Waals surface area contributed by atoms with Gasteiger partial charge in [0.2, 0.25) is 5.85 Å². The monoisotopic (exact) mass is 207 g/mol. The lowest BCUT2D eigenvalue weighted by molar-refractivity contribution is -0.0781. The van der Waals surface area contributed by atoms with Gasteiger partial charge >= 0.3 is 0 Å². The summed E-state index contributed by atoms with van der Waals surface area (Å²) in [6.45, 7) is 3.13. The number of aliphatic imine (C=N–C) groups is 1. The molecule has 0 unspecified atom stereocenters. The molecule has 80 valence electrons. The lowest BCUT2D eigenvalue weighted by Crippen LogP contribution is -2.31. The first-order valence-corrected chi connectivity index (χ1v) is 5.04. The van der Waals surface area contributed by atoms with Gasteiger partial charge in [-0.25, -0.2) is 4.99 Å². The van der Waals surface area contributed by atoms with Crippen molar-refractivity contribution in [3.8, 4) is 0 Å². The Bertz CT molecular complexity index is 372. The lowest BCUT2D eigenvalue weighted by atomic mass is 10.00. The molecule has 0 aromatic heterocycles. The lowest BCUT2D eigenvalue weighted by Gasteiger charge is -2.30.